The van der Waals surface area contributed by atoms with E-state index < -0.39 is 7.12 Å². The fraction of sp³-hybridized carbons (Fsp3) is 0.0286. The summed E-state index contributed by atoms with van der Waals surface area (Å²) in [5, 5.41) is 33.5. The highest BCUT2D eigenvalue weighted by Crippen LogP contribution is 2.40. The van der Waals surface area contributed by atoms with Crippen molar-refractivity contribution in [1.82, 2.24) is 19.9 Å². The molecule has 4 heterocycles. The van der Waals surface area contributed by atoms with E-state index in [1.165, 1.54) is 73.0 Å². The molecule has 0 bridgehead atoms. The zero-order valence-electron chi connectivity index (χ0n) is 41.5. The van der Waals surface area contributed by atoms with E-state index in [9.17, 15) is 10.0 Å². The summed E-state index contributed by atoms with van der Waals surface area (Å²) in [5.74, 6) is 0. The van der Waals surface area contributed by atoms with Gasteiger partial charge in [-0.25, -0.2) is 9.97 Å². The Bertz CT molecular complexity index is 4950. The largest absolute Gasteiger partial charge is 0.488 e. The number of thiophene rings is 2. The average molecular weight is 1090 g/mol. The van der Waals surface area contributed by atoms with Crippen LogP contribution in [0.15, 0.2) is 243 Å². The minimum atomic E-state index is -1.44. The van der Waals surface area contributed by atoms with E-state index in [1.807, 2.05) is 60.0 Å². The van der Waals surface area contributed by atoms with Crippen molar-refractivity contribution in [1.29, 1.82) is 0 Å². The van der Waals surface area contributed by atoms with Crippen LogP contribution in [0.3, 0.4) is 0 Å². The Kier molecular flexibility index (Phi) is 14.1. The Hall–Kier alpha value is -8.93. The highest BCUT2D eigenvalue weighted by molar-refractivity contribution is 7.26. The molecule has 4 aromatic heterocycles. The fourth-order valence-electron chi connectivity index (χ4n) is 10.9. The van der Waals surface area contributed by atoms with Crippen LogP contribution in [0.5, 0.6) is 0 Å². The monoisotopic (exact) mass is 1090 g/mol. The molecule has 16 aromatic rings. The highest BCUT2D eigenvalue weighted by Gasteiger charge is 2.16. The molecular formula is C70H50BClN4O2S2. The van der Waals surface area contributed by atoms with Gasteiger partial charge in [-0.05, 0) is 91.7 Å². The SMILES string of the molecule is C.C.Clc1cnc2c3ccccc3c3ccccc3c2n1.OB(O)c1cccc(-c2ccc3sc4ccccc4c3c2)c1.c1cc(-c2ccc3sc4ccccc4c3c2)cc(-c2cnc3c4ccccc4c4ccccc4c3n2)c1. The summed E-state index contributed by atoms with van der Waals surface area (Å²) in [7, 11) is -1.44. The van der Waals surface area contributed by atoms with Gasteiger partial charge in [0.25, 0.3) is 0 Å². The summed E-state index contributed by atoms with van der Waals surface area (Å²) < 4.78 is 5.20. The number of nitrogens with zero attached hydrogens (tertiary/aromatic N) is 4. The normalized spacial score (nSPS) is 11.2. The van der Waals surface area contributed by atoms with Crippen molar-refractivity contribution in [3.05, 3.63) is 248 Å². The molecule has 0 saturated carbocycles. The van der Waals surface area contributed by atoms with Gasteiger partial charge in [0, 0.05) is 67.5 Å². The van der Waals surface area contributed by atoms with Gasteiger partial charge in [-0.1, -0.05) is 215 Å². The van der Waals surface area contributed by atoms with Crippen LogP contribution in [0.4, 0.5) is 0 Å². The zero-order valence-corrected chi connectivity index (χ0v) is 43.9. The summed E-state index contributed by atoms with van der Waals surface area (Å²) in [4.78, 5) is 19.0. The second-order valence-corrected chi connectivity index (χ2v) is 21.8. The second-order valence-electron chi connectivity index (χ2n) is 19.2. The smallest absolute Gasteiger partial charge is 0.423 e. The van der Waals surface area contributed by atoms with Crippen LogP contribution < -0.4 is 5.46 Å². The Balaban J connectivity index is 0.000000127. The van der Waals surface area contributed by atoms with Crippen molar-refractivity contribution in [2.45, 2.75) is 14.9 Å². The minimum absolute atomic E-state index is 0. The third kappa shape index (κ3) is 9.35. The second kappa shape index (κ2) is 21.7. The number of hydrogen-bond donors (Lipinski definition) is 2. The molecule has 384 valence electrons. The molecule has 0 spiro atoms. The van der Waals surface area contributed by atoms with Crippen LogP contribution >= 0.6 is 34.3 Å². The van der Waals surface area contributed by atoms with Crippen LogP contribution in [0.1, 0.15) is 14.9 Å². The van der Waals surface area contributed by atoms with Crippen LogP contribution in [0.2, 0.25) is 5.15 Å². The van der Waals surface area contributed by atoms with Crippen molar-refractivity contribution in [2.75, 3.05) is 0 Å². The summed E-state index contributed by atoms with van der Waals surface area (Å²) in [5.41, 5.74) is 10.6. The maximum Gasteiger partial charge on any atom is 0.488 e. The van der Waals surface area contributed by atoms with Gasteiger partial charge in [0.05, 0.1) is 40.2 Å². The molecule has 0 unspecified atom stereocenters. The molecule has 0 aliphatic heterocycles. The van der Waals surface area contributed by atoms with Crippen molar-refractivity contribution in [3.8, 4) is 33.5 Å². The molecule has 0 amide bonds. The summed E-state index contributed by atoms with van der Waals surface area (Å²) >= 11 is 9.64. The Morgan fingerprint density at radius 1 is 0.312 bits per heavy atom. The Labute approximate surface area is 475 Å². The van der Waals surface area contributed by atoms with E-state index in [2.05, 4.69) is 192 Å². The lowest BCUT2D eigenvalue weighted by Crippen LogP contribution is -2.29. The number of aromatic nitrogens is 4. The molecule has 80 heavy (non-hydrogen) atoms. The van der Waals surface area contributed by atoms with E-state index in [1.54, 1.807) is 23.6 Å². The third-order valence-electron chi connectivity index (χ3n) is 14.6. The van der Waals surface area contributed by atoms with E-state index in [4.69, 9.17) is 21.6 Å². The molecule has 0 atom stereocenters. The lowest BCUT2D eigenvalue weighted by Gasteiger charge is -2.11. The third-order valence-corrected chi connectivity index (χ3v) is 17.1. The molecule has 6 nitrogen and oxygen atoms in total. The zero-order chi connectivity index (χ0) is 52.3. The molecule has 10 heteroatoms. The van der Waals surface area contributed by atoms with Gasteiger partial charge in [0.2, 0.25) is 0 Å². The van der Waals surface area contributed by atoms with Gasteiger partial charge in [-0.2, -0.15) is 0 Å². The summed E-state index contributed by atoms with van der Waals surface area (Å²) in [6.07, 6.45) is 3.52. The van der Waals surface area contributed by atoms with Gasteiger partial charge < -0.3 is 10.0 Å². The summed E-state index contributed by atoms with van der Waals surface area (Å²) in [6, 6.07) is 79.7. The van der Waals surface area contributed by atoms with Crippen LogP contribution in [-0.2, 0) is 0 Å². The quantitative estimate of drug-likeness (QED) is 0.135. The van der Waals surface area contributed by atoms with E-state index in [0.29, 0.717) is 10.6 Å². The first-order chi connectivity index (χ1) is 38.4. The van der Waals surface area contributed by atoms with Gasteiger partial charge in [0.1, 0.15) is 5.15 Å². The maximum atomic E-state index is 9.33. The number of halogens is 1. The standard InChI is InChI=1S/C34H20N2S.C18H13BO2S.C16H9ClN2.2CH4/c1-3-13-27-24(10-1)25-11-2-4-14-28(25)34-33(27)35-20-30(36-34)23-9-7-8-21(18-23)22-16-17-32-29(19-22)26-12-5-6-15-31(26)37-32;20-19(21)14-5-3-4-12(10-14)13-8-9-18-16(11-13)15-6-1-2-7-17(15)22-18;17-14-9-18-15-12-7-3-1-5-10(12)11-6-2-4-8-13(11)16(15)19-14;;/h1-20H;1-11,20-21H;1-9H;2*1H4. The lowest BCUT2D eigenvalue weighted by molar-refractivity contribution is 0.426. The van der Waals surface area contributed by atoms with Gasteiger partial charge in [0.15, 0.2) is 0 Å². The Morgan fingerprint density at radius 3 is 1.19 bits per heavy atom. The van der Waals surface area contributed by atoms with Crippen molar-refractivity contribution in [3.63, 3.8) is 0 Å². The predicted octanol–water partition coefficient (Wildman–Crippen LogP) is 18.9. The summed E-state index contributed by atoms with van der Waals surface area (Å²) in [6.45, 7) is 0. The van der Waals surface area contributed by atoms with Crippen LogP contribution in [-0.4, -0.2) is 37.1 Å². The van der Waals surface area contributed by atoms with Gasteiger partial charge >= 0.3 is 7.12 Å². The predicted molar refractivity (Wildman–Crippen MR) is 346 cm³/mol. The first-order valence-electron chi connectivity index (χ1n) is 25.6. The minimum Gasteiger partial charge on any atom is -0.423 e. The maximum absolute atomic E-state index is 9.33. The molecule has 0 aliphatic rings. The van der Waals surface area contributed by atoms with E-state index in [0.717, 1.165) is 66.0 Å². The fourth-order valence-corrected chi connectivity index (χ4v) is 13.2. The van der Waals surface area contributed by atoms with E-state index in [-0.39, 0.29) is 14.9 Å². The number of benzene rings is 12. The molecule has 0 fully saturated rings. The van der Waals surface area contributed by atoms with Crippen molar-refractivity contribution < 1.29 is 10.0 Å². The lowest BCUT2D eigenvalue weighted by atomic mass is 9.79. The molecular weight excluding hydrogens is 1040 g/mol. The molecule has 0 aliphatic carbocycles. The van der Waals surface area contributed by atoms with E-state index >= 15 is 0 Å². The molecule has 12 aromatic carbocycles. The molecule has 0 saturated heterocycles. The number of rotatable bonds is 4. The van der Waals surface area contributed by atoms with Crippen LogP contribution in [0, 0.1) is 0 Å². The van der Waals surface area contributed by atoms with Crippen molar-refractivity contribution >= 4 is 152 Å². The molecule has 2 N–H and O–H groups in total. The van der Waals surface area contributed by atoms with Crippen molar-refractivity contribution in [2.24, 2.45) is 0 Å². The first-order valence-corrected chi connectivity index (χ1v) is 27.6. The molecule has 0 radical (unpaired) electrons. The Morgan fingerprint density at radius 2 is 0.688 bits per heavy atom. The van der Waals surface area contributed by atoms with Gasteiger partial charge in [-0.15, -0.1) is 22.7 Å². The first kappa shape index (κ1) is 51.8. The number of fused-ring (bicyclic) bond motifs is 18. The topological polar surface area (TPSA) is 92.0 Å². The average Bonchev–Trinajstić information content (AvgIpc) is 4.17. The molecule has 16 rings (SSSR count). The highest BCUT2D eigenvalue weighted by atomic mass is 35.5. The van der Waals surface area contributed by atoms with Crippen LogP contribution in [0.25, 0.3) is 139 Å². The number of hydrogen-bond acceptors (Lipinski definition) is 8. The van der Waals surface area contributed by atoms with Gasteiger partial charge in [-0.3, -0.25) is 9.97 Å².